The van der Waals surface area contributed by atoms with Crippen molar-refractivity contribution in [1.82, 2.24) is 9.88 Å². The first-order valence-corrected chi connectivity index (χ1v) is 14.4. The van der Waals surface area contributed by atoms with Gasteiger partial charge in [0.2, 0.25) is 0 Å². The van der Waals surface area contributed by atoms with Crippen LogP contribution in [-0.4, -0.2) is 48.0 Å². The fraction of sp³-hybridized carbons (Fsp3) is 0.242. The first kappa shape index (κ1) is 29.8. The zero-order valence-corrected chi connectivity index (χ0v) is 24.1. The zero-order valence-electron chi connectivity index (χ0n) is 24.1. The van der Waals surface area contributed by atoms with Crippen LogP contribution in [-0.2, 0) is 16.8 Å². The Balaban J connectivity index is 1.15. The number of halogens is 3. The number of pyridine rings is 1. The number of benzene rings is 3. The zero-order chi connectivity index (χ0) is 31.4. The van der Waals surface area contributed by atoms with E-state index in [1.807, 2.05) is 60.7 Å². The van der Waals surface area contributed by atoms with Crippen molar-refractivity contribution in [2.24, 2.45) is 0 Å². The number of carbonyl (C=O) groups excluding carboxylic acids is 2. The van der Waals surface area contributed by atoms with Gasteiger partial charge >= 0.3 is 18.5 Å². The SMILES string of the molecule is O=C(Nc1cc(OC(F)(F)F)ccn1)Nc1ccccc1N1CC2(CCN(C(=O)OCc3ccccc3)CC2)c2ccccc21. The van der Waals surface area contributed by atoms with E-state index < -0.39 is 18.1 Å². The minimum absolute atomic E-state index is 0.105. The average molecular weight is 618 g/mol. The van der Waals surface area contributed by atoms with E-state index >= 15 is 0 Å². The molecule has 2 aliphatic heterocycles. The third kappa shape index (κ3) is 6.79. The van der Waals surface area contributed by atoms with Gasteiger partial charge in [0.1, 0.15) is 18.2 Å². The lowest BCUT2D eigenvalue weighted by atomic mass is 9.74. The molecule has 232 valence electrons. The van der Waals surface area contributed by atoms with Crippen LogP contribution in [0, 0.1) is 0 Å². The Morgan fingerprint density at radius 1 is 0.867 bits per heavy atom. The summed E-state index contributed by atoms with van der Waals surface area (Å²) < 4.78 is 47.4. The Bertz CT molecular complexity index is 1680. The van der Waals surface area contributed by atoms with Gasteiger partial charge in [-0.25, -0.2) is 14.6 Å². The van der Waals surface area contributed by atoms with Gasteiger partial charge in [0, 0.05) is 43.0 Å². The average Bonchev–Trinajstić information content (AvgIpc) is 3.34. The number of amides is 3. The number of likely N-dealkylation sites (tertiary alicyclic amines) is 1. The Morgan fingerprint density at radius 3 is 2.31 bits per heavy atom. The van der Waals surface area contributed by atoms with Gasteiger partial charge in [-0.2, -0.15) is 0 Å². The normalized spacial score (nSPS) is 15.4. The molecule has 12 heteroatoms. The summed E-state index contributed by atoms with van der Waals surface area (Å²) in [5, 5.41) is 5.28. The summed E-state index contributed by atoms with van der Waals surface area (Å²) in [6.07, 6.45) is -2.62. The maximum absolute atomic E-state index is 12.9. The largest absolute Gasteiger partial charge is 0.573 e. The van der Waals surface area contributed by atoms with Crippen LogP contribution >= 0.6 is 0 Å². The maximum Gasteiger partial charge on any atom is 0.573 e. The van der Waals surface area contributed by atoms with Crippen molar-refractivity contribution in [3.05, 3.63) is 108 Å². The van der Waals surface area contributed by atoms with E-state index in [1.54, 1.807) is 17.0 Å². The topological polar surface area (TPSA) is 96.0 Å². The molecule has 0 atom stereocenters. The Labute approximate surface area is 257 Å². The number of ether oxygens (including phenoxy) is 2. The number of para-hydroxylation sites is 3. The maximum atomic E-state index is 12.9. The number of rotatable bonds is 6. The number of nitrogens with zero attached hydrogens (tertiary/aromatic N) is 3. The highest BCUT2D eigenvalue weighted by Gasteiger charge is 2.46. The number of urea groups is 1. The van der Waals surface area contributed by atoms with Crippen molar-refractivity contribution in [3.63, 3.8) is 0 Å². The van der Waals surface area contributed by atoms with Gasteiger partial charge in [0.25, 0.3) is 0 Å². The minimum atomic E-state index is -4.87. The number of piperidine rings is 1. The number of anilines is 4. The predicted octanol–water partition coefficient (Wildman–Crippen LogP) is 7.45. The lowest BCUT2D eigenvalue weighted by Gasteiger charge is -2.39. The second-order valence-electron chi connectivity index (χ2n) is 10.9. The van der Waals surface area contributed by atoms with Crippen molar-refractivity contribution in [1.29, 1.82) is 0 Å². The highest BCUT2D eigenvalue weighted by Crippen LogP contribution is 2.50. The van der Waals surface area contributed by atoms with E-state index in [2.05, 4.69) is 31.3 Å². The quantitative estimate of drug-likeness (QED) is 0.233. The highest BCUT2D eigenvalue weighted by molar-refractivity contribution is 6.02. The van der Waals surface area contributed by atoms with Gasteiger partial charge in [0.15, 0.2) is 0 Å². The van der Waals surface area contributed by atoms with Crippen molar-refractivity contribution in [3.8, 4) is 5.75 Å². The van der Waals surface area contributed by atoms with Gasteiger partial charge in [-0.05, 0) is 48.2 Å². The Kier molecular flexibility index (Phi) is 8.20. The fourth-order valence-electron chi connectivity index (χ4n) is 5.96. The number of fused-ring (bicyclic) bond motifs is 2. The molecular formula is C33H30F3N5O4. The lowest BCUT2D eigenvalue weighted by molar-refractivity contribution is -0.274. The molecule has 0 aliphatic carbocycles. The molecule has 2 aliphatic rings. The molecule has 3 aromatic carbocycles. The number of alkyl halides is 3. The summed E-state index contributed by atoms with van der Waals surface area (Å²) >= 11 is 0. The van der Waals surface area contributed by atoms with Crippen molar-refractivity contribution < 1.29 is 32.2 Å². The molecule has 3 amide bonds. The van der Waals surface area contributed by atoms with Crippen molar-refractivity contribution >= 4 is 35.0 Å². The number of aromatic nitrogens is 1. The molecule has 45 heavy (non-hydrogen) atoms. The molecule has 1 fully saturated rings. The summed E-state index contributed by atoms with van der Waals surface area (Å²) in [5.74, 6) is -0.603. The molecule has 1 saturated heterocycles. The van der Waals surface area contributed by atoms with Crippen LogP contribution in [0.15, 0.2) is 97.2 Å². The first-order valence-electron chi connectivity index (χ1n) is 14.4. The smallest absolute Gasteiger partial charge is 0.445 e. The van der Waals surface area contributed by atoms with Crippen LogP contribution in [0.4, 0.5) is 45.6 Å². The molecular weight excluding hydrogens is 587 g/mol. The van der Waals surface area contributed by atoms with E-state index in [9.17, 15) is 22.8 Å². The van der Waals surface area contributed by atoms with Crippen LogP contribution in [0.2, 0.25) is 0 Å². The Morgan fingerprint density at radius 2 is 1.56 bits per heavy atom. The first-order chi connectivity index (χ1) is 21.7. The van der Waals surface area contributed by atoms with E-state index in [1.165, 1.54) is 5.56 Å². The van der Waals surface area contributed by atoms with Gasteiger partial charge in [-0.1, -0.05) is 60.7 Å². The van der Waals surface area contributed by atoms with E-state index in [4.69, 9.17) is 4.74 Å². The second-order valence-corrected chi connectivity index (χ2v) is 10.9. The molecule has 0 unspecified atom stereocenters. The second kappa shape index (κ2) is 12.4. The van der Waals surface area contributed by atoms with Crippen LogP contribution < -0.4 is 20.3 Å². The van der Waals surface area contributed by atoms with Crippen molar-refractivity contribution in [2.45, 2.75) is 31.2 Å². The van der Waals surface area contributed by atoms with Crippen LogP contribution in [0.5, 0.6) is 5.75 Å². The lowest BCUT2D eigenvalue weighted by Crippen LogP contribution is -2.47. The van der Waals surface area contributed by atoms with Gasteiger partial charge in [-0.3, -0.25) is 5.32 Å². The summed E-state index contributed by atoms with van der Waals surface area (Å²) in [6.45, 7) is 1.94. The van der Waals surface area contributed by atoms with E-state index in [-0.39, 0.29) is 23.9 Å². The molecule has 4 aromatic rings. The molecule has 9 nitrogen and oxygen atoms in total. The predicted molar refractivity (Wildman–Crippen MR) is 163 cm³/mol. The fourth-order valence-corrected chi connectivity index (χ4v) is 5.96. The summed E-state index contributed by atoms with van der Waals surface area (Å²) in [6, 6.07) is 26.4. The monoisotopic (exact) mass is 617 g/mol. The van der Waals surface area contributed by atoms with Crippen molar-refractivity contribution in [2.75, 3.05) is 35.2 Å². The molecule has 0 radical (unpaired) electrons. The van der Waals surface area contributed by atoms with Gasteiger partial charge in [0.05, 0.1) is 11.4 Å². The number of nitrogens with one attached hydrogen (secondary N) is 2. The molecule has 1 spiro atoms. The number of carbonyl (C=O) groups is 2. The molecule has 2 N–H and O–H groups in total. The molecule has 6 rings (SSSR count). The van der Waals surface area contributed by atoms with Gasteiger partial charge in [-0.15, -0.1) is 13.2 Å². The third-order valence-electron chi connectivity index (χ3n) is 8.06. The molecule has 0 bridgehead atoms. The number of hydrogen-bond acceptors (Lipinski definition) is 6. The number of hydrogen-bond donors (Lipinski definition) is 2. The molecule has 1 aromatic heterocycles. The van der Waals surface area contributed by atoms with Crippen LogP contribution in [0.3, 0.4) is 0 Å². The minimum Gasteiger partial charge on any atom is -0.445 e. The standard InChI is InChI=1S/C33H30F3N5O4/c34-33(35,36)45-24-14-17-37-29(20-24)39-30(42)38-26-11-5-7-13-28(26)41-22-32(25-10-4-6-12-27(25)41)15-18-40(19-16-32)31(43)44-21-23-8-2-1-3-9-23/h1-14,17,20H,15-16,18-19,21-22H2,(H2,37,38,39,42). The molecule has 0 saturated carbocycles. The highest BCUT2D eigenvalue weighted by atomic mass is 19.4. The van der Waals surface area contributed by atoms with Crippen LogP contribution in [0.1, 0.15) is 24.0 Å². The summed E-state index contributed by atoms with van der Waals surface area (Å²) in [4.78, 5) is 33.6. The van der Waals surface area contributed by atoms with Crippen LogP contribution in [0.25, 0.3) is 0 Å². The third-order valence-corrected chi connectivity index (χ3v) is 8.06. The summed E-state index contributed by atoms with van der Waals surface area (Å²) in [5.41, 5.74) is 4.15. The Hall–Kier alpha value is -5.26. The van der Waals surface area contributed by atoms with Gasteiger partial charge < -0.3 is 24.6 Å². The summed E-state index contributed by atoms with van der Waals surface area (Å²) in [7, 11) is 0. The van der Waals surface area contributed by atoms with E-state index in [0.717, 1.165) is 48.1 Å². The molecule has 3 heterocycles. The van der Waals surface area contributed by atoms with E-state index in [0.29, 0.717) is 25.3 Å².